The van der Waals surface area contributed by atoms with Crippen molar-refractivity contribution in [2.75, 3.05) is 43.1 Å². The molecule has 0 spiro atoms. The molecule has 3 rings (SSSR count). The largest absolute Gasteiger partial charge is 0.490 e. The Morgan fingerprint density at radius 2 is 1.63 bits per heavy atom. The number of carbonyl (C=O) groups is 1. The lowest BCUT2D eigenvalue weighted by Crippen LogP contribution is -2.49. The molecule has 12 heteroatoms. The van der Waals surface area contributed by atoms with Gasteiger partial charge in [0.2, 0.25) is 0 Å². The van der Waals surface area contributed by atoms with Crippen molar-refractivity contribution in [1.82, 2.24) is 4.90 Å². The molecular weight excluding hydrogens is 502 g/mol. The van der Waals surface area contributed by atoms with Gasteiger partial charge in [-0.2, -0.15) is 0 Å². The van der Waals surface area contributed by atoms with E-state index in [-0.39, 0.29) is 59.9 Å². The van der Waals surface area contributed by atoms with Crippen molar-refractivity contribution in [3.05, 3.63) is 47.5 Å². The fraction of sp³-hybridized carbons (Fsp3) is 0.435. The molecule has 35 heavy (non-hydrogen) atoms. The molecule has 1 heterocycles. The summed E-state index contributed by atoms with van der Waals surface area (Å²) in [5, 5.41) is 0. The van der Waals surface area contributed by atoms with Gasteiger partial charge >= 0.3 is 0 Å². The Kier molecular flexibility index (Phi) is 7.75. The topological polar surface area (TPSA) is 101 Å². The third-order valence-corrected chi connectivity index (χ3v) is 8.46. The van der Waals surface area contributed by atoms with Crippen LogP contribution in [-0.4, -0.2) is 71.9 Å². The van der Waals surface area contributed by atoms with Crippen molar-refractivity contribution in [2.45, 2.75) is 36.7 Å². The van der Waals surface area contributed by atoms with Crippen molar-refractivity contribution in [3.8, 4) is 5.75 Å². The summed E-state index contributed by atoms with van der Waals surface area (Å²) >= 11 is 0. The normalized spacial score (nSPS) is 14.9. The molecule has 1 aliphatic heterocycles. The van der Waals surface area contributed by atoms with Crippen molar-refractivity contribution in [3.63, 3.8) is 0 Å². The SMILES string of the molecule is CCS(=O)(=O)c1ccc(OC(C)C)c(C(=O)N2CCN(c3ccc(S(C)(=O)=O)c(F)c3F)CC2)c1. The van der Waals surface area contributed by atoms with Crippen LogP contribution >= 0.6 is 0 Å². The molecule has 1 saturated heterocycles. The fourth-order valence-corrected chi connectivity index (χ4v) is 5.40. The smallest absolute Gasteiger partial charge is 0.257 e. The van der Waals surface area contributed by atoms with E-state index in [1.165, 1.54) is 41.0 Å². The van der Waals surface area contributed by atoms with Crippen LogP contribution in [0.5, 0.6) is 5.75 Å². The number of carbonyl (C=O) groups excluding carboxylic acids is 1. The Hall–Kier alpha value is -2.73. The number of sulfone groups is 2. The highest BCUT2D eigenvalue weighted by atomic mass is 32.2. The highest BCUT2D eigenvalue weighted by molar-refractivity contribution is 7.91. The van der Waals surface area contributed by atoms with Crippen LogP contribution in [0.1, 0.15) is 31.1 Å². The number of halogens is 2. The average molecular weight is 531 g/mol. The van der Waals surface area contributed by atoms with Gasteiger partial charge < -0.3 is 14.5 Å². The number of benzene rings is 2. The van der Waals surface area contributed by atoms with Crippen LogP contribution in [0.2, 0.25) is 0 Å². The summed E-state index contributed by atoms with van der Waals surface area (Å²) in [7, 11) is -7.48. The second-order valence-corrected chi connectivity index (χ2v) is 12.8. The molecule has 192 valence electrons. The van der Waals surface area contributed by atoms with Crippen LogP contribution in [0.15, 0.2) is 40.1 Å². The van der Waals surface area contributed by atoms with Gasteiger partial charge in [0.15, 0.2) is 31.3 Å². The Labute approximate surface area is 204 Å². The molecule has 0 radical (unpaired) electrons. The summed E-state index contributed by atoms with van der Waals surface area (Å²) in [5.41, 5.74) is 0.0123. The fourth-order valence-electron chi connectivity index (χ4n) is 3.77. The minimum atomic E-state index is -3.92. The second-order valence-electron chi connectivity index (χ2n) is 8.49. The van der Waals surface area contributed by atoms with Gasteiger partial charge in [0.05, 0.1) is 28.0 Å². The van der Waals surface area contributed by atoms with Crippen LogP contribution in [0.25, 0.3) is 0 Å². The van der Waals surface area contributed by atoms with E-state index in [2.05, 4.69) is 0 Å². The summed E-state index contributed by atoms with van der Waals surface area (Å²) in [6, 6.07) is 6.41. The van der Waals surface area contributed by atoms with E-state index in [1.54, 1.807) is 13.8 Å². The zero-order valence-corrected chi connectivity index (χ0v) is 21.5. The van der Waals surface area contributed by atoms with Crippen molar-refractivity contribution in [1.29, 1.82) is 0 Å². The van der Waals surface area contributed by atoms with E-state index in [0.29, 0.717) is 0 Å². The van der Waals surface area contributed by atoms with Crippen molar-refractivity contribution < 1.29 is 35.1 Å². The summed E-state index contributed by atoms with van der Waals surface area (Å²) in [4.78, 5) is 15.6. The maximum absolute atomic E-state index is 14.6. The molecule has 0 saturated carbocycles. The number of hydrogen-bond donors (Lipinski definition) is 0. The molecule has 2 aromatic rings. The molecule has 1 aliphatic rings. The maximum Gasteiger partial charge on any atom is 0.257 e. The minimum Gasteiger partial charge on any atom is -0.490 e. The number of amides is 1. The van der Waals surface area contributed by atoms with Crippen LogP contribution in [-0.2, 0) is 19.7 Å². The minimum absolute atomic E-state index is 0.0154. The molecule has 0 unspecified atom stereocenters. The Morgan fingerprint density at radius 3 is 2.17 bits per heavy atom. The van der Waals surface area contributed by atoms with E-state index in [1.807, 2.05) is 0 Å². The molecule has 0 aromatic heterocycles. The molecular formula is C23H28F2N2O6S2. The van der Waals surface area contributed by atoms with Crippen LogP contribution in [0.4, 0.5) is 14.5 Å². The predicted octanol–water partition coefficient (Wildman–Crippen LogP) is 2.91. The summed E-state index contributed by atoms with van der Waals surface area (Å²) in [5.74, 6) is -3.01. The maximum atomic E-state index is 14.6. The van der Waals surface area contributed by atoms with Crippen molar-refractivity contribution in [2.24, 2.45) is 0 Å². The second kappa shape index (κ2) is 10.1. The molecule has 0 atom stereocenters. The lowest BCUT2D eigenvalue weighted by molar-refractivity contribution is 0.0740. The average Bonchev–Trinajstić information content (AvgIpc) is 2.79. The lowest BCUT2D eigenvalue weighted by Gasteiger charge is -2.36. The zero-order chi connectivity index (χ0) is 26.1. The summed E-state index contributed by atoms with van der Waals surface area (Å²) in [6.07, 6.45) is 0.548. The van der Waals surface area contributed by atoms with Gasteiger partial charge in [0.1, 0.15) is 10.6 Å². The first kappa shape index (κ1) is 26.9. The first-order chi connectivity index (χ1) is 16.3. The van der Waals surface area contributed by atoms with E-state index in [9.17, 15) is 30.4 Å². The van der Waals surface area contributed by atoms with E-state index in [0.717, 1.165) is 12.3 Å². The van der Waals surface area contributed by atoms with Gasteiger partial charge in [0, 0.05) is 32.4 Å². The van der Waals surface area contributed by atoms with Gasteiger partial charge in [0.25, 0.3) is 5.91 Å². The van der Waals surface area contributed by atoms with Crippen LogP contribution in [0.3, 0.4) is 0 Å². The molecule has 0 aliphatic carbocycles. The van der Waals surface area contributed by atoms with Crippen molar-refractivity contribution >= 4 is 31.3 Å². The first-order valence-electron chi connectivity index (χ1n) is 11.0. The molecule has 0 N–H and O–H groups in total. The van der Waals surface area contributed by atoms with Gasteiger partial charge in [-0.3, -0.25) is 4.79 Å². The van der Waals surface area contributed by atoms with E-state index < -0.39 is 42.1 Å². The molecule has 8 nitrogen and oxygen atoms in total. The van der Waals surface area contributed by atoms with Gasteiger partial charge in [-0.1, -0.05) is 6.92 Å². The number of piperazine rings is 1. The van der Waals surface area contributed by atoms with Crippen LogP contribution < -0.4 is 9.64 Å². The van der Waals surface area contributed by atoms with Gasteiger partial charge in [-0.15, -0.1) is 0 Å². The van der Waals surface area contributed by atoms with E-state index in [4.69, 9.17) is 4.74 Å². The third kappa shape index (κ3) is 5.75. The number of hydrogen-bond acceptors (Lipinski definition) is 7. The molecule has 0 bridgehead atoms. The standard InChI is InChI=1S/C23H28F2N2O6S2/c1-5-35(31,32)16-6-8-19(33-15(2)3)17(14-16)23(28)27-12-10-26(11-13-27)18-7-9-20(34(4,29)30)22(25)21(18)24/h6-9,14-15H,5,10-13H2,1-4H3. The monoisotopic (exact) mass is 530 g/mol. The molecule has 1 amide bonds. The predicted molar refractivity (Wildman–Crippen MR) is 128 cm³/mol. The summed E-state index contributed by atoms with van der Waals surface area (Å²) < 4.78 is 82.7. The number of nitrogens with zero attached hydrogens (tertiary/aromatic N) is 2. The Bertz CT molecular complexity index is 1340. The first-order valence-corrected chi connectivity index (χ1v) is 14.6. The third-order valence-electron chi connectivity index (χ3n) is 5.62. The Morgan fingerprint density at radius 1 is 1.00 bits per heavy atom. The highest BCUT2D eigenvalue weighted by Crippen LogP contribution is 2.29. The Balaban J connectivity index is 1.84. The zero-order valence-electron chi connectivity index (χ0n) is 19.9. The number of ether oxygens (including phenoxy) is 1. The lowest BCUT2D eigenvalue weighted by atomic mass is 10.1. The summed E-state index contributed by atoms with van der Waals surface area (Å²) in [6.45, 7) is 5.71. The number of anilines is 1. The quantitative estimate of drug-likeness (QED) is 0.543. The molecule has 1 fully saturated rings. The molecule has 2 aromatic carbocycles. The number of rotatable bonds is 7. The van der Waals surface area contributed by atoms with E-state index >= 15 is 0 Å². The van der Waals surface area contributed by atoms with Crippen LogP contribution in [0, 0.1) is 11.6 Å². The van der Waals surface area contributed by atoms with Gasteiger partial charge in [-0.05, 0) is 44.2 Å². The highest BCUT2D eigenvalue weighted by Gasteiger charge is 2.29. The van der Waals surface area contributed by atoms with Gasteiger partial charge in [-0.25, -0.2) is 25.6 Å².